The lowest BCUT2D eigenvalue weighted by molar-refractivity contribution is 0.141. The molecule has 0 aromatic heterocycles. The Morgan fingerprint density at radius 2 is 2.22 bits per heavy atom. The number of halogens is 1. The van der Waals surface area contributed by atoms with Crippen LogP contribution in [0, 0.1) is 11.3 Å². The predicted molar refractivity (Wildman–Crippen MR) is 44.6 cm³/mol. The van der Waals surface area contributed by atoms with E-state index in [2.05, 4.69) is 22.6 Å². The summed E-state index contributed by atoms with van der Waals surface area (Å²) >= 11 is 2.30. The first-order chi connectivity index (χ1) is 4.41. The van der Waals surface area contributed by atoms with Crippen molar-refractivity contribution in [1.82, 2.24) is 0 Å². The van der Waals surface area contributed by atoms with Crippen molar-refractivity contribution in [3.05, 3.63) is 0 Å². The summed E-state index contributed by atoms with van der Waals surface area (Å²) in [5, 5.41) is 8.09. The van der Waals surface area contributed by atoms with Gasteiger partial charge in [0.05, 0.1) is 19.1 Å². The van der Waals surface area contributed by atoms with Crippen LogP contribution in [0.2, 0.25) is 0 Å². The molecule has 0 amide bonds. The minimum atomic E-state index is 0.515. The van der Waals surface area contributed by atoms with Gasteiger partial charge in [0.2, 0.25) is 0 Å². The highest BCUT2D eigenvalue weighted by Gasteiger charge is 1.84. The normalized spacial score (nSPS) is 8.89. The number of rotatable bonds is 5. The molecule has 0 aliphatic heterocycles. The first-order valence-electron chi connectivity index (χ1n) is 2.92. The van der Waals surface area contributed by atoms with Crippen LogP contribution in [0.5, 0.6) is 0 Å². The molecule has 2 nitrogen and oxygen atoms in total. The van der Waals surface area contributed by atoms with Gasteiger partial charge in [0, 0.05) is 11.0 Å². The standard InChI is InChI=1S/C6H10INO/c7-3-1-5-9-6-2-4-8/h1-3,5-6H2. The summed E-state index contributed by atoms with van der Waals surface area (Å²) in [6, 6.07) is 2.02. The molecule has 0 fully saturated rings. The van der Waals surface area contributed by atoms with Crippen LogP contribution in [-0.4, -0.2) is 17.6 Å². The molecule has 0 saturated heterocycles. The molecule has 0 unspecified atom stereocenters. The maximum absolute atomic E-state index is 8.09. The monoisotopic (exact) mass is 239 g/mol. The summed E-state index contributed by atoms with van der Waals surface area (Å²) in [5.41, 5.74) is 0. The Morgan fingerprint density at radius 3 is 2.78 bits per heavy atom. The molecule has 0 N–H and O–H groups in total. The van der Waals surface area contributed by atoms with Crippen LogP contribution in [0.3, 0.4) is 0 Å². The third-order valence-corrected chi connectivity index (χ3v) is 1.54. The fourth-order valence-electron chi connectivity index (χ4n) is 0.376. The van der Waals surface area contributed by atoms with Gasteiger partial charge in [0.1, 0.15) is 0 Å². The lowest BCUT2D eigenvalue weighted by Crippen LogP contribution is -1.95. The van der Waals surface area contributed by atoms with Gasteiger partial charge in [-0.1, -0.05) is 22.6 Å². The van der Waals surface area contributed by atoms with E-state index in [0.717, 1.165) is 17.5 Å². The molecule has 52 valence electrons. The SMILES string of the molecule is N#CCCOCCCI. The van der Waals surface area contributed by atoms with Gasteiger partial charge in [-0.05, 0) is 6.42 Å². The Bertz CT molecular complexity index is 89.5. The topological polar surface area (TPSA) is 33.0 Å². The van der Waals surface area contributed by atoms with Gasteiger partial charge < -0.3 is 4.74 Å². The highest BCUT2D eigenvalue weighted by molar-refractivity contribution is 14.1. The zero-order valence-electron chi connectivity index (χ0n) is 5.27. The largest absolute Gasteiger partial charge is 0.380 e. The van der Waals surface area contributed by atoms with E-state index in [1.54, 1.807) is 0 Å². The molecule has 0 aromatic carbocycles. The molecular weight excluding hydrogens is 229 g/mol. The van der Waals surface area contributed by atoms with Gasteiger partial charge in [0.15, 0.2) is 0 Å². The Hall–Kier alpha value is 0.180. The van der Waals surface area contributed by atoms with E-state index in [-0.39, 0.29) is 0 Å². The van der Waals surface area contributed by atoms with Crippen LogP contribution >= 0.6 is 22.6 Å². The number of ether oxygens (including phenoxy) is 1. The summed E-state index contributed by atoms with van der Waals surface area (Å²) in [5.74, 6) is 0. The number of hydrogen-bond acceptors (Lipinski definition) is 2. The fraction of sp³-hybridized carbons (Fsp3) is 0.833. The summed E-state index contributed by atoms with van der Waals surface area (Å²) in [6.45, 7) is 1.39. The number of nitriles is 1. The average molecular weight is 239 g/mol. The van der Waals surface area contributed by atoms with Gasteiger partial charge >= 0.3 is 0 Å². The highest BCUT2D eigenvalue weighted by atomic mass is 127. The molecule has 0 heterocycles. The lowest BCUT2D eigenvalue weighted by atomic mass is 10.5. The maximum atomic E-state index is 8.09. The molecule has 0 bridgehead atoms. The van der Waals surface area contributed by atoms with E-state index >= 15 is 0 Å². The van der Waals surface area contributed by atoms with Crippen LogP contribution in [0.1, 0.15) is 12.8 Å². The quantitative estimate of drug-likeness (QED) is 0.416. The molecule has 0 aromatic rings. The average Bonchev–Trinajstić information content (AvgIpc) is 1.89. The van der Waals surface area contributed by atoms with Crippen molar-refractivity contribution >= 4 is 22.6 Å². The fourth-order valence-corrected chi connectivity index (χ4v) is 0.688. The van der Waals surface area contributed by atoms with Crippen molar-refractivity contribution in [2.75, 3.05) is 17.6 Å². The summed E-state index contributed by atoms with van der Waals surface area (Å²) < 4.78 is 6.22. The van der Waals surface area contributed by atoms with Crippen molar-refractivity contribution in [3.8, 4) is 6.07 Å². The molecule has 0 aliphatic carbocycles. The second kappa shape index (κ2) is 8.18. The zero-order valence-corrected chi connectivity index (χ0v) is 7.43. The van der Waals surface area contributed by atoms with Crippen molar-refractivity contribution in [2.24, 2.45) is 0 Å². The van der Waals surface area contributed by atoms with Gasteiger partial charge in [0.25, 0.3) is 0 Å². The molecular formula is C6H10INO. The van der Waals surface area contributed by atoms with Gasteiger partial charge in [-0.15, -0.1) is 0 Å². The molecule has 9 heavy (non-hydrogen) atoms. The molecule has 0 radical (unpaired) electrons. The summed E-state index contributed by atoms with van der Waals surface area (Å²) in [6.07, 6.45) is 1.60. The number of alkyl halides is 1. The third-order valence-electron chi connectivity index (χ3n) is 0.781. The Balaban J connectivity index is 2.69. The Morgan fingerprint density at radius 1 is 1.44 bits per heavy atom. The van der Waals surface area contributed by atoms with E-state index in [9.17, 15) is 0 Å². The Labute approximate surface area is 69.3 Å². The zero-order chi connectivity index (χ0) is 6.95. The molecule has 0 atom stereocenters. The minimum absolute atomic E-state index is 0.515. The highest BCUT2D eigenvalue weighted by Crippen LogP contribution is 1.89. The van der Waals surface area contributed by atoms with Crippen molar-refractivity contribution in [3.63, 3.8) is 0 Å². The Kier molecular flexibility index (Phi) is 8.34. The van der Waals surface area contributed by atoms with E-state index in [1.807, 2.05) is 6.07 Å². The van der Waals surface area contributed by atoms with Gasteiger partial charge in [-0.2, -0.15) is 5.26 Å². The van der Waals surface area contributed by atoms with E-state index in [0.29, 0.717) is 13.0 Å². The minimum Gasteiger partial charge on any atom is -0.380 e. The van der Waals surface area contributed by atoms with Crippen molar-refractivity contribution < 1.29 is 4.74 Å². The molecule has 3 heteroatoms. The second-order valence-electron chi connectivity index (χ2n) is 1.56. The molecule has 0 rings (SSSR count). The van der Waals surface area contributed by atoms with Crippen molar-refractivity contribution in [2.45, 2.75) is 12.8 Å². The lowest BCUT2D eigenvalue weighted by Gasteiger charge is -1.96. The predicted octanol–water partition coefficient (Wildman–Crippen LogP) is 1.74. The summed E-state index contributed by atoms with van der Waals surface area (Å²) in [4.78, 5) is 0. The van der Waals surface area contributed by atoms with Crippen molar-refractivity contribution in [1.29, 1.82) is 5.26 Å². The maximum Gasteiger partial charge on any atom is 0.0645 e. The van der Waals surface area contributed by atoms with Crippen LogP contribution < -0.4 is 0 Å². The van der Waals surface area contributed by atoms with E-state index in [4.69, 9.17) is 10.00 Å². The second-order valence-corrected chi connectivity index (χ2v) is 2.64. The van der Waals surface area contributed by atoms with E-state index in [1.165, 1.54) is 0 Å². The first kappa shape index (κ1) is 9.18. The number of nitrogens with zero attached hydrogens (tertiary/aromatic N) is 1. The summed E-state index contributed by atoms with van der Waals surface area (Å²) in [7, 11) is 0. The molecule has 0 spiro atoms. The van der Waals surface area contributed by atoms with Crippen LogP contribution in [0.4, 0.5) is 0 Å². The van der Waals surface area contributed by atoms with Gasteiger partial charge in [-0.25, -0.2) is 0 Å². The molecule has 0 saturated carbocycles. The van der Waals surface area contributed by atoms with Crippen LogP contribution in [-0.2, 0) is 4.74 Å². The van der Waals surface area contributed by atoms with E-state index < -0.39 is 0 Å². The smallest absolute Gasteiger partial charge is 0.0645 e. The van der Waals surface area contributed by atoms with Crippen LogP contribution in [0.25, 0.3) is 0 Å². The molecule has 0 aliphatic rings. The number of hydrogen-bond donors (Lipinski definition) is 0. The van der Waals surface area contributed by atoms with Crippen LogP contribution in [0.15, 0.2) is 0 Å². The third kappa shape index (κ3) is 8.18. The first-order valence-corrected chi connectivity index (χ1v) is 4.45. The van der Waals surface area contributed by atoms with Gasteiger partial charge in [-0.3, -0.25) is 0 Å².